The van der Waals surface area contributed by atoms with Gasteiger partial charge in [0.15, 0.2) is 0 Å². The summed E-state index contributed by atoms with van der Waals surface area (Å²) in [6.45, 7) is 3.31. The molecule has 2 nitrogen and oxygen atoms in total. The van der Waals surface area contributed by atoms with Gasteiger partial charge in [-0.25, -0.2) is 0 Å². The van der Waals surface area contributed by atoms with Gasteiger partial charge in [-0.3, -0.25) is 4.99 Å². The van der Waals surface area contributed by atoms with Gasteiger partial charge in [-0.1, -0.05) is 18.2 Å². The van der Waals surface area contributed by atoms with E-state index in [4.69, 9.17) is 4.74 Å². The van der Waals surface area contributed by atoms with Crippen molar-refractivity contribution in [2.24, 2.45) is 4.99 Å². The molecule has 0 saturated carbocycles. The molecule has 0 atom stereocenters. The standard InChI is InChI=1S/C10H11NO/c1-8-6-12-7-9-4-2-3-5-10(9)11-8/h2-5H,6-7H2,1H3. The van der Waals surface area contributed by atoms with Gasteiger partial charge in [0.2, 0.25) is 0 Å². The highest BCUT2D eigenvalue weighted by Gasteiger charge is 2.05. The van der Waals surface area contributed by atoms with Crippen LogP contribution in [0.15, 0.2) is 29.3 Å². The molecule has 0 amide bonds. The van der Waals surface area contributed by atoms with Crippen molar-refractivity contribution in [1.82, 2.24) is 0 Å². The lowest BCUT2D eigenvalue weighted by Gasteiger charge is -1.99. The smallest absolute Gasteiger partial charge is 0.0850 e. The number of rotatable bonds is 0. The van der Waals surface area contributed by atoms with Crippen LogP contribution in [0.4, 0.5) is 5.69 Å². The molecule has 62 valence electrons. The van der Waals surface area contributed by atoms with Crippen LogP contribution >= 0.6 is 0 Å². The molecule has 0 aliphatic carbocycles. The quantitative estimate of drug-likeness (QED) is 0.572. The summed E-state index contributed by atoms with van der Waals surface area (Å²) >= 11 is 0. The molecular formula is C10H11NO. The van der Waals surface area contributed by atoms with Gasteiger partial charge in [-0.05, 0) is 13.0 Å². The van der Waals surface area contributed by atoms with Crippen LogP contribution in [0.5, 0.6) is 0 Å². The van der Waals surface area contributed by atoms with Gasteiger partial charge in [0.05, 0.1) is 18.9 Å². The largest absolute Gasteiger partial charge is 0.371 e. The zero-order chi connectivity index (χ0) is 8.39. The fourth-order valence-corrected chi connectivity index (χ4v) is 1.29. The molecule has 0 saturated heterocycles. The maximum atomic E-state index is 5.40. The lowest BCUT2D eigenvalue weighted by Crippen LogP contribution is -2.00. The summed E-state index contributed by atoms with van der Waals surface area (Å²) < 4.78 is 5.40. The van der Waals surface area contributed by atoms with Gasteiger partial charge < -0.3 is 4.74 Å². The summed E-state index contributed by atoms with van der Waals surface area (Å²) in [5.74, 6) is 0. The maximum Gasteiger partial charge on any atom is 0.0850 e. The van der Waals surface area contributed by atoms with Crippen LogP contribution in [0.1, 0.15) is 12.5 Å². The van der Waals surface area contributed by atoms with E-state index in [2.05, 4.69) is 11.1 Å². The molecule has 2 rings (SSSR count). The number of nitrogens with zero attached hydrogens (tertiary/aromatic N) is 1. The predicted octanol–water partition coefficient (Wildman–Crippen LogP) is 2.31. The normalized spacial score (nSPS) is 16.2. The van der Waals surface area contributed by atoms with Crippen LogP contribution in [0.2, 0.25) is 0 Å². The lowest BCUT2D eigenvalue weighted by atomic mass is 10.2. The van der Waals surface area contributed by atoms with Gasteiger partial charge >= 0.3 is 0 Å². The van der Waals surface area contributed by atoms with Crippen molar-refractivity contribution in [1.29, 1.82) is 0 Å². The summed E-state index contributed by atoms with van der Waals surface area (Å²) in [6.07, 6.45) is 0. The maximum absolute atomic E-state index is 5.40. The number of aliphatic imine (C=N–C) groups is 1. The lowest BCUT2D eigenvalue weighted by molar-refractivity contribution is 0.160. The Bertz CT molecular complexity index is 317. The minimum Gasteiger partial charge on any atom is -0.371 e. The van der Waals surface area contributed by atoms with Crippen molar-refractivity contribution < 1.29 is 4.74 Å². The van der Waals surface area contributed by atoms with E-state index >= 15 is 0 Å². The number of benzene rings is 1. The summed E-state index contributed by atoms with van der Waals surface area (Å²) in [6, 6.07) is 8.09. The van der Waals surface area contributed by atoms with Crippen LogP contribution in [0.25, 0.3) is 0 Å². The van der Waals surface area contributed by atoms with Crippen molar-refractivity contribution in [2.75, 3.05) is 6.61 Å². The van der Waals surface area contributed by atoms with Gasteiger partial charge in [0.25, 0.3) is 0 Å². The van der Waals surface area contributed by atoms with Gasteiger partial charge in [0.1, 0.15) is 0 Å². The van der Waals surface area contributed by atoms with Crippen molar-refractivity contribution >= 4 is 11.4 Å². The van der Waals surface area contributed by atoms with Gasteiger partial charge in [0, 0.05) is 11.3 Å². The summed E-state index contributed by atoms with van der Waals surface area (Å²) in [5.41, 5.74) is 3.27. The zero-order valence-corrected chi connectivity index (χ0v) is 7.08. The second-order valence-corrected chi connectivity index (χ2v) is 2.97. The highest BCUT2D eigenvalue weighted by Crippen LogP contribution is 2.21. The molecule has 0 unspecified atom stereocenters. The van der Waals surface area contributed by atoms with E-state index in [-0.39, 0.29) is 0 Å². The Morgan fingerprint density at radius 3 is 3.00 bits per heavy atom. The molecular weight excluding hydrogens is 150 g/mol. The number of hydrogen-bond acceptors (Lipinski definition) is 2. The molecule has 2 heteroatoms. The first-order valence-electron chi connectivity index (χ1n) is 4.06. The number of fused-ring (bicyclic) bond motifs is 1. The van der Waals surface area contributed by atoms with Crippen molar-refractivity contribution in [3.8, 4) is 0 Å². The summed E-state index contributed by atoms with van der Waals surface area (Å²) in [5, 5.41) is 0. The molecule has 0 bridgehead atoms. The molecule has 1 aromatic rings. The van der Waals surface area contributed by atoms with E-state index in [1.807, 2.05) is 25.1 Å². The minimum absolute atomic E-state index is 0.648. The molecule has 0 fully saturated rings. The number of hydrogen-bond donors (Lipinski definition) is 0. The number of ether oxygens (including phenoxy) is 1. The molecule has 1 aromatic carbocycles. The summed E-state index contributed by atoms with van der Waals surface area (Å²) in [4.78, 5) is 4.43. The second-order valence-electron chi connectivity index (χ2n) is 2.97. The summed E-state index contributed by atoms with van der Waals surface area (Å²) in [7, 11) is 0. The molecule has 1 heterocycles. The first-order chi connectivity index (χ1) is 5.86. The van der Waals surface area contributed by atoms with Crippen molar-refractivity contribution in [2.45, 2.75) is 13.5 Å². The fourth-order valence-electron chi connectivity index (χ4n) is 1.29. The Hall–Kier alpha value is -1.15. The Balaban J connectivity index is 2.47. The van der Waals surface area contributed by atoms with E-state index in [1.54, 1.807) is 0 Å². The molecule has 0 aromatic heterocycles. The minimum atomic E-state index is 0.648. The Kier molecular flexibility index (Phi) is 1.92. The van der Waals surface area contributed by atoms with E-state index in [0.717, 1.165) is 11.4 Å². The first kappa shape index (κ1) is 7.50. The third-order valence-electron chi connectivity index (χ3n) is 1.87. The van der Waals surface area contributed by atoms with Gasteiger partial charge in [-0.15, -0.1) is 0 Å². The SMILES string of the molecule is CC1=Nc2ccccc2COC1. The predicted molar refractivity (Wildman–Crippen MR) is 48.9 cm³/mol. The topological polar surface area (TPSA) is 21.6 Å². The molecule has 0 radical (unpaired) electrons. The zero-order valence-electron chi connectivity index (χ0n) is 7.08. The van der Waals surface area contributed by atoms with Crippen LogP contribution in [-0.4, -0.2) is 12.3 Å². The third-order valence-corrected chi connectivity index (χ3v) is 1.87. The van der Waals surface area contributed by atoms with E-state index in [9.17, 15) is 0 Å². The van der Waals surface area contributed by atoms with Crippen LogP contribution in [-0.2, 0) is 11.3 Å². The van der Waals surface area contributed by atoms with Crippen molar-refractivity contribution in [3.05, 3.63) is 29.8 Å². The average Bonchev–Trinajstić information content (AvgIpc) is 2.25. The van der Waals surface area contributed by atoms with Crippen LogP contribution in [0.3, 0.4) is 0 Å². The van der Waals surface area contributed by atoms with Crippen LogP contribution < -0.4 is 0 Å². The number of para-hydroxylation sites is 1. The van der Waals surface area contributed by atoms with Crippen molar-refractivity contribution in [3.63, 3.8) is 0 Å². The Labute approximate surface area is 71.9 Å². The second kappa shape index (κ2) is 3.07. The third kappa shape index (κ3) is 1.38. The van der Waals surface area contributed by atoms with E-state index in [1.165, 1.54) is 5.56 Å². The molecule has 1 aliphatic rings. The molecule has 0 N–H and O–H groups in total. The molecule has 0 spiro atoms. The first-order valence-corrected chi connectivity index (χ1v) is 4.06. The van der Waals surface area contributed by atoms with Gasteiger partial charge in [-0.2, -0.15) is 0 Å². The average molecular weight is 161 g/mol. The Morgan fingerprint density at radius 2 is 2.08 bits per heavy atom. The monoisotopic (exact) mass is 161 g/mol. The van der Waals surface area contributed by atoms with E-state index in [0.29, 0.717) is 13.2 Å². The molecule has 1 aliphatic heterocycles. The Morgan fingerprint density at radius 1 is 1.25 bits per heavy atom. The van der Waals surface area contributed by atoms with Crippen LogP contribution in [0, 0.1) is 0 Å². The highest BCUT2D eigenvalue weighted by molar-refractivity contribution is 5.86. The van der Waals surface area contributed by atoms with E-state index < -0.39 is 0 Å². The molecule has 12 heavy (non-hydrogen) atoms. The highest BCUT2D eigenvalue weighted by atomic mass is 16.5. The fraction of sp³-hybridized carbons (Fsp3) is 0.300.